The molecule has 4 heterocycles. The molecule has 32 heavy (non-hydrogen) atoms. The van der Waals surface area contributed by atoms with Crippen LogP contribution in [0.4, 0.5) is 13.2 Å². The lowest BCUT2D eigenvalue weighted by Gasteiger charge is -2.47. The van der Waals surface area contributed by atoms with Crippen molar-refractivity contribution in [2.75, 3.05) is 32.8 Å². The minimum absolute atomic E-state index is 0.0449. The van der Waals surface area contributed by atoms with Crippen LogP contribution in [0.5, 0.6) is 0 Å². The van der Waals surface area contributed by atoms with E-state index in [2.05, 4.69) is 31.7 Å². The van der Waals surface area contributed by atoms with E-state index >= 15 is 0 Å². The number of rotatable bonds is 3. The van der Waals surface area contributed by atoms with Crippen LogP contribution in [0.1, 0.15) is 28.9 Å². The first-order chi connectivity index (χ1) is 15.2. The number of thiophene rings is 1. The third kappa shape index (κ3) is 6.47. The normalized spacial score (nSPS) is 18.7. The number of alkyl halides is 3. The highest BCUT2D eigenvalue weighted by atomic mass is 32.1. The molecule has 0 unspecified atom stereocenters. The first-order valence-electron chi connectivity index (χ1n) is 9.91. The van der Waals surface area contributed by atoms with Crippen LogP contribution < -0.4 is 0 Å². The number of morpholine rings is 1. The first kappa shape index (κ1) is 24.1. The van der Waals surface area contributed by atoms with Crippen molar-refractivity contribution in [1.29, 1.82) is 0 Å². The van der Waals surface area contributed by atoms with E-state index in [1.54, 1.807) is 23.7 Å². The molecule has 1 amide bonds. The highest BCUT2D eigenvalue weighted by Gasteiger charge is 2.41. The van der Waals surface area contributed by atoms with Crippen molar-refractivity contribution in [1.82, 2.24) is 19.8 Å². The number of halogens is 3. The number of piperidine rings is 1. The maximum Gasteiger partial charge on any atom is 0.490 e. The van der Waals surface area contributed by atoms with Crippen LogP contribution in [0.25, 0.3) is 0 Å². The van der Waals surface area contributed by atoms with Crippen molar-refractivity contribution in [2.45, 2.75) is 31.2 Å². The molecule has 0 bridgehead atoms. The summed E-state index contributed by atoms with van der Waals surface area (Å²) in [6, 6.07) is 2.19. The number of aromatic nitrogens is 2. The Morgan fingerprint density at radius 2 is 1.94 bits per heavy atom. The van der Waals surface area contributed by atoms with Crippen LogP contribution in [0.3, 0.4) is 0 Å². The van der Waals surface area contributed by atoms with E-state index in [4.69, 9.17) is 14.6 Å². The second-order valence-electron chi connectivity index (χ2n) is 7.56. The molecule has 2 aromatic heterocycles. The number of carboxylic acids is 1. The summed E-state index contributed by atoms with van der Waals surface area (Å²) in [6.07, 6.45) is 1.52. The molecule has 0 atom stereocenters. The third-order valence-corrected chi connectivity index (χ3v) is 6.05. The van der Waals surface area contributed by atoms with Gasteiger partial charge >= 0.3 is 12.1 Å². The van der Waals surface area contributed by atoms with E-state index in [1.165, 1.54) is 11.8 Å². The molecule has 12 heteroatoms. The molecule has 1 spiro atoms. The van der Waals surface area contributed by atoms with Gasteiger partial charge in [0, 0.05) is 38.6 Å². The number of carboxylic acid groups (broad SMARTS) is 1. The quantitative estimate of drug-likeness (QED) is 0.734. The summed E-state index contributed by atoms with van der Waals surface area (Å²) in [7, 11) is 0. The molecule has 2 aliphatic heterocycles. The standard InChI is InChI=1S/C18H22N4O2S.C2HF3O2/c23-17(16-11-19-4-5-20-16)22-8-9-24-18(14-22)2-6-21(7-3-18)12-15-1-10-25-13-15;3-2(4,5)1(6)7/h1,4-5,10-11,13H,2-3,6-9,12,14H2;(H,6,7). The summed E-state index contributed by atoms with van der Waals surface area (Å²) in [5.41, 5.74) is 1.58. The zero-order valence-electron chi connectivity index (χ0n) is 17.1. The second kappa shape index (κ2) is 10.4. The number of aliphatic carboxylic acids is 1. The van der Waals surface area contributed by atoms with Crippen LogP contribution in [-0.2, 0) is 16.1 Å². The van der Waals surface area contributed by atoms with Gasteiger partial charge in [-0.1, -0.05) is 0 Å². The number of ether oxygens (including phenoxy) is 1. The Bertz CT molecular complexity index is 888. The fourth-order valence-corrected chi connectivity index (χ4v) is 4.31. The average molecular weight is 472 g/mol. The van der Waals surface area contributed by atoms with Gasteiger partial charge in [-0.25, -0.2) is 9.78 Å². The maximum atomic E-state index is 12.7. The van der Waals surface area contributed by atoms with Gasteiger partial charge in [0.15, 0.2) is 0 Å². The van der Waals surface area contributed by atoms with Crippen LogP contribution in [-0.4, -0.2) is 81.3 Å². The van der Waals surface area contributed by atoms with Crippen LogP contribution in [0.15, 0.2) is 35.4 Å². The van der Waals surface area contributed by atoms with E-state index in [9.17, 15) is 18.0 Å². The second-order valence-corrected chi connectivity index (χ2v) is 8.34. The monoisotopic (exact) mass is 472 g/mol. The highest BCUT2D eigenvalue weighted by Crippen LogP contribution is 2.31. The molecule has 2 saturated heterocycles. The van der Waals surface area contributed by atoms with E-state index < -0.39 is 12.1 Å². The molecule has 174 valence electrons. The summed E-state index contributed by atoms with van der Waals surface area (Å²) in [4.78, 5) is 34.0. The van der Waals surface area contributed by atoms with Gasteiger partial charge in [0.25, 0.3) is 5.91 Å². The maximum absolute atomic E-state index is 12.7. The number of carbonyl (C=O) groups excluding carboxylic acids is 1. The molecule has 0 saturated carbocycles. The SMILES string of the molecule is O=C(O)C(F)(F)F.O=C(c1cnccn1)N1CCOC2(CCN(Cc3ccsc3)CC2)C1. The molecular formula is C20H23F3N4O4S. The number of amides is 1. The van der Waals surface area contributed by atoms with Crippen molar-refractivity contribution in [2.24, 2.45) is 0 Å². The zero-order chi connectivity index (χ0) is 23.2. The first-order valence-corrected chi connectivity index (χ1v) is 10.9. The van der Waals surface area contributed by atoms with Gasteiger partial charge < -0.3 is 14.7 Å². The summed E-state index contributed by atoms with van der Waals surface area (Å²) in [5.74, 6) is -2.80. The predicted octanol–water partition coefficient (Wildman–Crippen LogP) is 2.68. The van der Waals surface area contributed by atoms with E-state index in [0.717, 1.165) is 32.5 Å². The van der Waals surface area contributed by atoms with Gasteiger partial charge in [-0.3, -0.25) is 14.7 Å². The Morgan fingerprint density at radius 3 is 2.50 bits per heavy atom. The van der Waals surface area contributed by atoms with Crippen LogP contribution >= 0.6 is 11.3 Å². The fraction of sp³-hybridized carbons (Fsp3) is 0.500. The van der Waals surface area contributed by atoms with Gasteiger partial charge in [0.05, 0.1) is 24.9 Å². The summed E-state index contributed by atoms with van der Waals surface area (Å²) < 4.78 is 37.9. The molecule has 0 aromatic carbocycles. The van der Waals surface area contributed by atoms with Crippen LogP contribution in [0, 0.1) is 0 Å². The van der Waals surface area contributed by atoms with Gasteiger partial charge in [0.2, 0.25) is 0 Å². The lowest BCUT2D eigenvalue weighted by molar-refractivity contribution is -0.192. The molecule has 0 radical (unpaired) electrons. The Morgan fingerprint density at radius 1 is 1.22 bits per heavy atom. The Kier molecular flexibility index (Phi) is 7.80. The largest absolute Gasteiger partial charge is 0.490 e. The highest BCUT2D eigenvalue weighted by molar-refractivity contribution is 7.07. The summed E-state index contributed by atoms with van der Waals surface area (Å²) in [5, 5.41) is 11.5. The van der Waals surface area contributed by atoms with Crippen molar-refractivity contribution < 1.29 is 32.6 Å². The number of hydrogen-bond acceptors (Lipinski definition) is 7. The Balaban J connectivity index is 0.000000360. The van der Waals surface area contributed by atoms with Gasteiger partial charge in [-0.05, 0) is 35.2 Å². The van der Waals surface area contributed by atoms with E-state index in [0.29, 0.717) is 25.4 Å². The fourth-order valence-electron chi connectivity index (χ4n) is 3.65. The molecule has 1 N–H and O–H groups in total. The van der Waals surface area contributed by atoms with Gasteiger partial charge in [0.1, 0.15) is 5.69 Å². The van der Waals surface area contributed by atoms with Gasteiger partial charge in [-0.2, -0.15) is 24.5 Å². The van der Waals surface area contributed by atoms with Crippen LogP contribution in [0.2, 0.25) is 0 Å². The van der Waals surface area contributed by atoms with Crippen molar-refractivity contribution in [3.05, 3.63) is 46.7 Å². The molecular weight excluding hydrogens is 449 g/mol. The van der Waals surface area contributed by atoms with E-state index in [1.807, 2.05) is 4.90 Å². The third-order valence-electron chi connectivity index (χ3n) is 5.31. The topological polar surface area (TPSA) is 95.9 Å². The lowest BCUT2D eigenvalue weighted by Crippen LogP contribution is -2.58. The molecule has 8 nitrogen and oxygen atoms in total. The average Bonchev–Trinajstić information content (AvgIpc) is 3.29. The molecule has 2 fully saturated rings. The minimum atomic E-state index is -5.08. The summed E-state index contributed by atoms with van der Waals surface area (Å²) >= 11 is 1.74. The molecule has 4 rings (SSSR count). The number of hydrogen-bond donors (Lipinski definition) is 1. The lowest BCUT2D eigenvalue weighted by atomic mass is 9.89. The summed E-state index contributed by atoms with van der Waals surface area (Å²) in [6.45, 7) is 4.87. The van der Waals surface area contributed by atoms with E-state index in [-0.39, 0.29) is 11.5 Å². The van der Waals surface area contributed by atoms with Crippen molar-refractivity contribution in [3.63, 3.8) is 0 Å². The predicted molar refractivity (Wildman–Crippen MR) is 109 cm³/mol. The Labute approximate surface area is 186 Å². The minimum Gasteiger partial charge on any atom is -0.475 e. The van der Waals surface area contributed by atoms with Crippen molar-refractivity contribution >= 4 is 23.2 Å². The molecule has 0 aliphatic carbocycles. The number of likely N-dealkylation sites (tertiary alicyclic amines) is 1. The number of nitrogens with zero attached hydrogens (tertiary/aromatic N) is 4. The number of carbonyl (C=O) groups is 2. The van der Waals surface area contributed by atoms with Crippen molar-refractivity contribution in [3.8, 4) is 0 Å². The molecule has 2 aromatic rings. The van der Waals surface area contributed by atoms with Gasteiger partial charge in [-0.15, -0.1) is 0 Å². The smallest absolute Gasteiger partial charge is 0.475 e. The Hall–Kier alpha value is -2.57. The molecule has 2 aliphatic rings. The zero-order valence-corrected chi connectivity index (χ0v) is 17.9.